The van der Waals surface area contributed by atoms with Crippen LogP contribution in [0.25, 0.3) is 16.8 Å². The second-order valence-corrected chi connectivity index (χ2v) is 14.1. The molecule has 2 aliphatic rings. The fraction of sp³-hybridized carbons (Fsp3) is 0.262. The number of nitrogens with zero attached hydrogens (tertiary/aromatic N) is 1. The summed E-state index contributed by atoms with van der Waals surface area (Å²) in [6.45, 7) is 0.606. The van der Waals surface area contributed by atoms with Gasteiger partial charge in [0.25, 0.3) is 11.8 Å². The third-order valence-electron chi connectivity index (χ3n) is 9.70. The van der Waals surface area contributed by atoms with E-state index < -0.39 is 64.1 Å². The Labute approximate surface area is 354 Å². The Morgan fingerprint density at radius 3 is 2.35 bits per heavy atom. The summed E-state index contributed by atoms with van der Waals surface area (Å²) in [6.07, 6.45) is -9.42. The number of piperidine rings is 1. The van der Waals surface area contributed by atoms with Crippen molar-refractivity contribution in [3.63, 3.8) is 0 Å². The van der Waals surface area contributed by atoms with Crippen LogP contribution >= 0.6 is 11.6 Å². The molecule has 62 heavy (non-hydrogen) atoms. The molecule has 5 N–H and O–H groups in total. The van der Waals surface area contributed by atoms with Gasteiger partial charge in [-0.25, -0.2) is 0 Å². The van der Waals surface area contributed by atoms with E-state index in [-0.39, 0.29) is 85.1 Å². The lowest BCUT2D eigenvalue weighted by atomic mass is 9.96. The van der Waals surface area contributed by atoms with Crippen molar-refractivity contribution in [3.05, 3.63) is 112 Å². The SMILES string of the molecule is CN/C(=C\C(=N)C(F)(F)F)c1ccc(OCc2ccc(OCCOCCNc3cccc4c3C(=O)N(C3CCC(=O)NC3=O)C4=O)cc2)c(-c2ccc(Cl)c(C(F)(F)F)c2)c1O. The third kappa shape index (κ3) is 9.95. The van der Waals surface area contributed by atoms with Gasteiger partial charge in [0.2, 0.25) is 11.8 Å². The van der Waals surface area contributed by atoms with Gasteiger partial charge in [0.05, 0.1) is 40.5 Å². The number of phenolic OH excluding ortho intramolecular Hbond substituents is 1. The van der Waals surface area contributed by atoms with E-state index in [1.807, 2.05) is 0 Å². The fourth-order valence-corrected chi connectivity index (χ4v) is 6.91. The quantitative estimate of drug-likeness (QED) is 0.0330. The van der Waals surface area contributed by atoms with Gasteiger partial charge in [0.15, 0.2) is 0 Å². The lowest BCUT2D eigenvalue weighted by molar-refractivity contribution is -0.138. The second-order valence-electron chi connectivity index (χ2n) is 13.7. The van der Waals surface area contributed by atoms with Crippen molar-refractivity contribution in [1.82, 2.24) is 15.5 Å². The summed E-state index contributed by atoms with van der Waals surface area (Å²) in [6, 6.07) is 15.5. The number of carbonyl (C=O) groups excluding carboxylic acids is 4. The Hall–Kier alpha value is -6.60. The van der Waals surface area contributed by atoms with Gasteiger partial charge in [-0.05, 0) is 72.2 Å². The number of hydrogen-bond acceptors (Lipinski definition) is 11. The molecule has 0 aromatic heterocycles. The van der Waals surface area contributed by atoms with E-state index in [0.29, 0.717) is 29.1 Å². The topological polar surface area (TPSA) is 179 Å². The van der Waals surface area contributed by atoms with Gasteiger partial charge < -0.3 is 30.0 Å². The Kier molecular flexibility index (Phi) is 13.5. The summed E-state index contributed by atoms with van der Waals surface area (Å²) in [7, 11) is 1.25. The maximum atomic E-state index is 13.8. The number of phenols is 1. The van der Waals surface area contributed by atoms with Gasteiger partial charge in [-0.2, -0.15) is 26.3 Å². The van der Waals surface area contributed by atoms with Crippen LogP contribution in [0.1, 0.15) is 50.2 Å². The van der Waals surface area contributed by atoms with Crippen LogP contribution in [0.5, 0.6) is 17.2 Å². The molecule has 0 aliphatic carbocycles. The number of halogens is 7. The number of fused-ring (bicyclic) bond motifs is 1. The molecular formula is C42H36ClF6N5O8. The maximum Gasteiger partial charge on any atom is 0.432 e. The monoisotopic (exact) mass is 887 g/mol. The van der Waals surface area contributed by atoms with Crippen LogP contribution in [-0.4, -0.2) is 85.0 Å². The van der Waals surface area contributed by atoms with Crippen LogP contribution in [0, 0.1) is 5.41 Å². The Bertz CT molecular complexity index is 2440. The summed E-state index contributed by atoms with van der Waals surface area (Å²) in [5, 5.41) is 25.8. The second kappa shape index (κ2) is 18.6. The molecule has 1 fully saturated rings. The van der Waals surface area contributed by atoms with E-state index in [1.54, 1.807) is 36.4 Å². The molecular weight excluding hydrogens is 852 g/mol. The van der Waals surface area contributed by atoms with Crippen molar-refractivity contribution in [2.75, 3.05) is 38.7 Å². The average Bonchev–Trinajstić information content (AvgIpc) is 3.47. The van der Waals surface area contributed by atoms with E-state index in [0.717, 1.165) is 11.0 Å². The first-order valence-electron chi connectivity index (χ1n) is 18.7. The summed E-state index contributed by atoms with van der Waals surface area (Å²) in [5.74, 6) is -2.81. The molecule has 20 heteroatoms. The molecule has 6 rings (SSSR count). The Morgan fingerprint density at radius 2 is 1.68 bits per heavy atom. The molecule has 4 amide bonds. The zero-order valence-electron chi connectivity index (χ0n) is 32.4. The van der Waals surface area contributed by atoms with E-state index in [2.05, 4.69) is 16.0 Å². The number of ether oxygens (including phenoxy) is 3. The summed E-state index contributed by atoms with van der Waals surface area (Å²) in [5.41, 5.74) is -2.80. The van der Waals surface area contributed by atoms with E-state index in [9.17, 15) is 50.6 Å². The van der Waals surface area contributed by atoms with Crippen molar-refractivity contribution in [3.8, 4) is 28.4 Å². The predicted molar refractivity (Wildman–Crippen MR) is 213 cm³/mol. The molecule has 1 saturated heterocycles. The van der Waals surface area contributed by atoms with Crippen LogP contribution in [0.4, 0.5) is 32.0 Å². The van der Waals surface area contributed by atoms with Gasteiger partial charge in [-0.1, -0.05) is 35.9 Å². The molecule has 1 unspecified atom stereocenters. The van der Waals surface area contributed by atoms with Gasteiger partial charge in [0.1, 0.15) is 42.2 Å². The molecule has 0 saturated carbocycles. The molecule has 0 bridgehead atoms. The first-order valence-corrected chi connectivity index (χ1v) is 19.1. The summed E-state index contributed by atoms with van der Waals surface area (Å²) < 4.78 is 98.3. The smallest absolute Gasteiger partial charge is 0.432 e. The Balaban J connectivity index is 1.04. The number of amides is 4. The van der Waals surface area contributed by atoms with E-state index in [1.165, 1.54) is 31.3 Å². The van der Waals surface area contributed by atoms with Gasteiger partial charge in [0, 0.05) is 37.0 Å². The summed E-state index contributed by atoms with van der Waals surface area (Å²) >= 11 is 5.82. The maximum absolute atomic E-state index is 13.8. The number of nitrogens with one attached hydrogen (secondary N) is 4. The van der Waals surface area contributed by atoms with Crippen molar-refractivity contribution in [2.24, 2.45) is 0 Å². The molecule has 2 aliphatic heterocycles. The van der Waals surface area contributed by atoms with Crippen LogP contribution < -0.4 is 25.4 Å². The van der Waals surface area contributed by atoms with E-state index >= 15 is 0 Å². The first-order chi connectivity index (χ1) is 29.4. The largest absolute Gasteiger partial charge is 0.506 e. The number of allylic oxidation sites excluding steroid dienone is 1. The molecule has 2 heterocycles. The van der Waals surface area contributed by atoms with Crippen LogP contribution in [0.3, 0.4) is 0 Å². The highest BCUT2D eigenvalue weighted by Gasteiger charge is 2.45. The molecule has 0 spiro atoms. The van der Waals surface area contributed by atoms with Crippen molar-refractivity contribution >= 4 is 52.3 Å². The molecule has 4 aromatic carbocycles. The Morgan fingerprint density at radius 1 is 0.935 bits per heavy atom. The number of hydrogen-bond donors (Lipinski definition) is 5. The molecule has 326 valence electrons. The van der Waals surface area contributed by atoms with Crippen LogP contribution in [0.15, 0.2) is 78.9 Å². The van der Waals surface area contributed by atoms with Crippen molar-refractivity contribution in [2.45, 2.75) is 37.8 Å². The zero-order valence-corrected chi connectivity index (χ0v) is 33.2. The fourth-order valence-electron chi connectivity index (χ4n) is 6.68. The van der Waals surface area contributed by atoms with Crippen molar-refractivity contribution < 1.29 is 64.8 Å². The number of carbonyl (C=O) groups is 4. The van der Waals surface area contributed by atoms with Crippen LogP contribution in [-0.2, 0) is 27.1 Å². The first kappa shape index (κ1) is 44.9. The number of imide groups is 2. The van der Waals surface area contributed by atoms with Crippen LogP contribution in [0.2, 0.25) is 5.02 Å². The zero-order chi connectivity index (χ0) is 44.9. The average molecular weight is 888 g/mol. The lowest BCUT2D eigenvalue weighted by Crippen LogP contribution is -2.54. The highest BCUT2D eigenvalue weighted by molar-refractivity contribution is 6.31. The number of aromatic hydroxyl groups is 1. The molecule has 1 atom stereocenters. The highest BCUT2D eigenvalue weighted by atomic mass is 35.5. The van der Waals surface area contributed by atoms with Gasteiger partial charge >= 0.3 is 12.4 Å². The number of benzene rings is 4. The number of rotatable bonds is 16. The molecule has 13 nitrogen and oxygen atoms in total. The minimum Gasteiger partial charge on any atom is -0.506 e. The van der Waals surface area contributed by atoms with Gasteiger partial charge in [-0.15, -0.1) is 0 Å². The minimum atomic E-state index is -5.01. The lowest BCUT2D eigenvalue weighted by Gasteiger charge is -2.27. The molecule has 0 radical (unpaired) electrons. The highest BCUT2D eigenvalue weighted by Crippen LogP contribution is 2.45. The van der Waals surface area contributed by atoms with E-state index in [4.69, 9.17) is 31.2 Å². The minimum absolute atomic E-state index is 0.00443. The van der Waals surface area contributed by atoms with Gasteiger partial charge in [-0.3, -0.25) is 34.8 Å². The normalized spacial score (nSPS) is 15.6. The molecule has 4 aromatic rings. The predicted octanol–water partition coefficient (Wildman–Crippen LogP) is 7.36. The summed E-state index contributed by atoms with van der Waals surface area (Å²) in [4.78, 5) is 51.2. The number of anilines is 1. The standard InChI is InChI=1S/C42H36ClF6N5O8/c1-51-30(20-33(50)42(47,48)49)25-10-13-32(35(37(25)56)23-7-11-28(43)27(19-23)41(44,45)46)62-21-22-5-8-24(9-6-22)61-18-17-60-16-15-52-29-4-2-3-26-36(29)40(59)54(39(26)58)31-12-14-34(55)53-38(31)57/h2-11,13,19-20,31,50-52,56H,12,14-18,21H2,1H3,(H,53,55,57)/b30-20-,50-33?. The number of alkyl halides is 6. The van der Waals surface area contributed by atoms with Crippen molar-refractivity contribution in [1.29, 1.82) is 5.41 Å². The third-order valence-corrected chi connectivity index (χ3v) is 10.0.